The van der Waals surface area contributed by atoms with E-state index < -0.39 is 0 Å². The summed E-state index contributed by atoms with van der Waals surface area (Å²) >= 11 is 0. The lowest BCUT2D eigenvalue weighted by atomic mass is 10.2. The second kappa shape index (κ2) is 4.59. The van der Waals surface area contributed by atoms with Crippen LogP contribution < -0.4 is 5.32 Å². The van der Waals surface area contributed by atoms with Crippen LogP contribution in [0.3, 0.4) is 0 Å². The number of imidazole rings is 1. The van der Waals surface area contributed by atoms with Gasteiger partial charge in [0.25, 0.3) is 0 Å². The van der Waals surface area contributed by atoms with Crippen LogP contribution in [0.4, 0.5) is 5.82 Å². The van der Waals surface area contributed by atoms with E-state index in [2.05, 4.69) is 39.1 Å². The zero-order valence-corrected chi connectivity index (χ0v) is 11.6. The molecule has 2 heterocycles. The number of para-hydroxylation sites is 2. The van der Waals surface area contributed by atoms with Crippen LogP contribution in [0.15, 0.2) is 60.8 Å². The molecule has 0 bridgehead atoms. The highest BCUT2D eigenvalue weighted by Crippen LogP contribution is 2.25. The Labute approximate surface area is 122 Å². The lowest BCUT2D eigenvalue weighted by Crippen LogP contribution is -1.98. The molecule has 0 spiro atoms. The number of rotatable bonds is 2. The van der Waals surface area contributed by atoms with Crippen LogP contribution >= 0.6 is 0 Å². The van der Waals surface area contributed by atoms with E-state index in [4.69, 9.17) is 4.98 Å². The summed E-state index contributed by atoms with van der Waals surface area (Å²) in [6.45, 7) is 0. The normalized spacial score (nSPS) is 11.1. The number of nitrogens with zero attached hydrogens (tertiary/aromatic N) is 3. The number of fused-ring (bicyclic) bond motifs is 3. The van der Waals surface area contributed by atoms with E-state index in [1.165, 1.54) is 0 Å². The summed E-state index contributed by atoms with van der Waals surface area (Å²) in [5.74, 6) is 0.788. The van der Waals surface area contributed by atoms with E-state index in [9.17, 15) is 0 Å². The molecule has 0 aliphatic rings. The van der Waals surface area contributed by atoms with Gasteiger partial charge in [-0.15, -0.1) is 0 Å². The van der Waals surface area contributed by atoms with Crippen molar-refractivity contribution in [3.8, 4) is 11.3 Å². The summed E-state index contributed by atoms with van der Waals surface area (Å²) < 4.78 is 2.09. The number of hydrogen-bond acceptors (Lipinski definition) is 3. The summed E-state index contributed by atoms with van der Waals surface area (Å²) in [7, 11) is 1.87. The fourth-order valence-electron chi connectivity index (χ4n) is 2.58. The van der Waals surface area contributed by atoms with Crippen LogP contribution in [0.2, 0.25) is 0 Å². The van der Waals surface area contributed by atoms with Crippen molar-refractivity contribution in [2.75, 3.05) is 12.4 Å². The molecule has 4 rings (SSSR count). The number of benzene rings is 2. The maximum atomic E-state index is 4.74. The zero-order chi connectivity index (χ0) is 14.2. The molecule has 0 unspecified atom stereocenters. The zero-order valence-electron chi connectivity index (χ0n) is 11.6. The Morgan fingerprint density at radius 1 is 0.905 bits per heavy atom. The van der Waals surface area contributed by atoms with Gasteiger partial charge in [0.05, 0.1) is 16.7 Å². The molecule has 0 saturated carbocycles. The topological polar surface area (TPSA) is 42.2 Å². The summed E-state index contributed by atoms with van der Waals surface area (Å²) in [4.78, 5) is 9.38. The van der Waals surface area contributed by atoms with Gasteiger partial charge in [-0.25, -0.2) is 9.97 Å². The minimum atomic E-state index is 0.788. The predicted octanol–water partition coefficient (Wildman–Crippen LogP) is 3.59. The Bertz CT molecular complexity index is 925. The van der Waals surface area contributed by atoms with Gasteiger partial charge in [0.1, 0.15) is 0 Å². The predicted molar refractivity (Wildman–Crippen MR) is 85.5 cm³/mol. The summed E-state index contributed by atoms with van der Waals surface area (Å²) in [5, 5.41) is 3.13. The molecule has 0 fully saturated rings. The standard InChI is InChI=1S/C17H14N4/c1-18-16-17-20-14(12-7-3-2-4-8-12)11-21(17)15-10-6-5-9-13(15)19-16/h2-11H,1H3,(H,18,19). The average molecular weight is 274 g/mol. The molecule has 4 nitrogen and oxygen atoms in total. The molecule has 0 aliphatic heterocycles. The van der Waals surface area contributed by atoms with Crippen molar-refractivity contribution >= 4 is 22.5 Å². The first kappa shape index (κ1) is 11.9. The summed E-state index contributed by atoms with van der Waals surface area (Å²) in [6, 6.07) is 18.3. The number of hydrogen-bond donors (Lipinski definition) is 1. The molecular weight excluding hydrogens is 260 g/mol. The minimum absolute atomic E-state index is 0.788. The highest BCUT2D eigenvalue weighted by atomic mass is 15.1. The summed E-state index contributed by atoms with van der Waals surface area (Å²) in [6.07, 6.45) is 2.06. The van der Waals surface area contributed by atoms with Crippen LogP contribution in [0, 0.1) is 0 Å². The van der Waals surface area contributed by atoms with E-state index in [-0.39, 0.29) is 0 Å². The van der Waals surface area contributed by atoms with Crippen LogP contribution in [-0.4, -0.2) is 21.4 Å². The quantitative estimate of drug-likeness (QED) is 0.607. The first-order valence-corrected chi connectivity index (χ1v) is 6.88. The van der Waals surface area contributed by atoms with E-state index in [1.54, 1.807) is 0 Å². The molecule has 2 aromatic carbocycles. The fourth-order valence-corrected chi connectivity index (χ4v) is 2.58. The SMILES string of the molecule is CNc1nc2ccccc2n2cc(-c3ccccc3)nc12. The molecule has 0 aliphatic carbocycles. The minimum Gasteiger partial charge on any atom is -0.370 e. The molecule has 0 amide bonds. The molecular formula is C17H14N4. The molecule has 0 radical (unpaired) electrons. The number of anilines is 1. The number of aromatic nitrogens is 3. The van der Waals surface area contributed by atoms with Crippen LogP contribution in [0.5, 0.6) is 0 Å². The second-order valence-electron chi connectivity index (χ2n) is 4.88. The van der Waals surface area contributed by atoms with Crippen molar-refractivity contribution in [2.45, 2.75) is 0 Å². The van der Waals surface area contributed by atoms with Crippen LogP contribution in [0.25, 0.3) is 27.9 Å². The van der Waals surface area contributed by atoms with Gasteiger partial charge in [-0.2, -0.15) is 0 Å². The first-order valence-electron chi connectivity index (χ1n) is 6.88. The van der Waals surface area contributed by atoms with Crippen molar-refractivity contribution < 1.29 is 0 Å². The first-order chi connectivity index (χ1) is 10.4. The number of nitrogens with one attached hydrogen (secondary N) is 1. The van der Waals surface area contributed by atoms with Crippen LogP contribution in [-0.2, 0) is 0 Å². The Balaban J connectivity index is 2.08. The highest BCUT2D eigenvalue weighted by Gasteiger charge is 2.11. The molecule has 102 valence electrons. The molecule has 4 heteroatoms. The van der Waals surface area contributed by atoms with E-state index in [0.717, 1.165) is 33.8 Å². The van der Waals surface area contributed by atoms with Crippen molar-refractivity contribution in [1.29, 1.82) is 0 Å². The molecule has 1 N–H and O–H groups in total. The van der Waals surface area contributed by atoms with Gasteiger partial charge in [-0.05, 0) is 12.1 Å². The van der Waals surface area contributed by atoms with Gasteiger partial charge in [-0.1, -0.05) is 42.5 Å². The Morgan fingerprint density at radius 3 is 2.48 bits per heavy atom. The average Bonchev–Trinajstić information content (AvgIpc) is 3.00. The fraction of sp³-hybridized carbons (Fsp3) is 0.0588. The smallest absolute Gasteiger partial charge is 0.181 e. The van der Waals surface area contributed by atoms with Crippen molar-refractivity contribution in [1.82, 2.24) is 14.4 Å². The van der Waals surface area contributed by atoms with Gasteiger partial charge >= 0.3 is 0 Å². The maximum Gasteiger partial charge on any atom is 0.181 e. The van der Waals surface area contributed by atoms with Crippen molar-refractivity contribution in [2.24, 2.45) is 0 Å². The van der Waals surface area contributed by atoms with Gasteiger partial charge in [-0.3, -0.25) is 4.40 Å². The van der Waals surface area contributed by atoms with Gasteiger partial charge < -0.3 is 5.32 Å². The Morgan fingerprint density at radius 2 is 1.67 bits per heavy atom. The third-order valence-corrected chi connectivity index (χ3v) is 3.60. The molecule has 0 saturated heterocycles. The molecule has 2 aromatic heterocycles. The summed E-state index contributed by atoms with van der Waals surface area (Å²) in [5.41, 5.74) is 4.90. The monoisotopic (exact) mass is 274 g/mol. The lowest BCUT2D eigenvalue weighted by Gasteiger charge is -2.05. The Kier molecular flexibility index (Phi) is 2.60. The second-order valence-corrected chi connectivity index (χ2v) is 4.88. The van der Waals surface area contributed by atoms with Gasteiger partial charge in [0.15, 0.2) is 11.5 Å². The van der Waals surface area contributed by atoms with Crippen LogP contribution in [0.1, 0.15) is 0 Å². The van der Waals surface area contributed by atoms with Crippen molar-refractivity contribution in [3.05, 3.63) is 60.8 Å². The molecule has 21 heavy (non-hydrogen) atoms. The largest absolute Gasteiger partial charge is 0.370 e. The molecule has 0 atom stereocenters. The molecule has 4 aromatic rings. The third kappa shape index (κ3) is 1.84. The Hall–Kier alpha value is -2.88. The van der Waals surface area contributed by atoms with E-state index in [0.29, 0.717) is 0 Å². The van der Waals surface area contributed by atoms with Gasteiger partial charge in [0, 0.05) is 18.8 Å². The van der Waals surface area contributed by atoms with Gasteiger partial charge in [0.2, 0.25) is 0 Å². The highest BCUT2D eigenvalue weighted by molar-refractivity contribution is 5.84. The lowest BCUT2D eigenvalue weighted by molar-refractivity contribution is 1.20. The van der Waals surface area contributed by atoms with E-state index in [1.807, 2.05) is 43.4 Å². The van der Waals surface area contributed by atoms with Crippen molar-refractivity contribution in [3.63, 3.8) is 0 Å². The maximum absolute atomic E-state index is 4.74. The third-order valence-electron chi connectivity index (χ3n) is 3.60. The van der Waals surface area contributed by atoms with E-state index >= 15 is 0 Å².